The largest absolute Gasteiger partial charge is 0.480 e. The number of amides is 4. The van der Waals surface area contributed by atoms with Gasteiger partial charge in [-0.15, -0.1) is 0 Å². The van der Waals surface area contributed by atoms with Gasteiger partial charge >= 0.3 is 5.97 Å². The van der Waals surface area contributed by atoms with Crippen molar-refractivity contribution in [3.8, 4) is 0 Å². The van der Waals surface area contributed by atoms with E-state index in [1.165, 1.54) is 18.7 Å². The van der Waals surface area contributed by atoms with E-state index >= 15 is 0 Å². The summed E-state index contributed by atoms with van der Waals surface area (Å²) in [4.78, 5) is 60.0. The Morgan fingerprint density at radius 1 is 0.968 bits per heavy atom. The van der Waals surface area contributed by atoms with E-state index in [0.717, 1.165) is 0 Å². The van der Waals surface area contributed by atoms with Gasteiger partial charge in [0.15, 0.2) is 0 Å². The molecular formula is C19H35N5O6S. The summed E-state index contributed by atoms with van der Waals surface area (Å²) >= 11 is 1.52. The lowest BCUT2D eigenvalue weighted by Crippen LogP contribution is -2.58. The topological polar surface area (TPSA) is 194 Å². The van der Waals surface area contributed by atoms with E-state index in [1.54, 1.807) is 6.92 Å². The zero-order valence-electron chi connectivity index (χ0n) is 18.5. The third-order valence-corrected chi connectivity index (χ3v) is 5.45. The summed E-state index contributed by atoms with van der Waals surface area (Å²) in [5.41, 5.74) is 11.0. The fourth-order valence-corrected chi connectivity index (χ4v) is 3.02. The van der Waals surface area contributed by atoms with Gasteiger partial charge < -0.3 is 32.5 Å². The molecule has 12 heteroatoms. The third kappa shape index (κ3) is 11.0. The van der Waals surface area contributed by atoms with Gasteiger partial charge in [0, 0.05) is 6.42 Å². The average molecular weight is 462 g/mol. The number of carbonyl (C=O) groups excluding carboxylic acids is 4. The Morgan fingerprint density at radius 2 is 1.58 bits per heavy atom. The maximum atomic E-state index is 12.9. The molecule has 178 valence electrons. The maximum absolute atomic E-state index is 12.9. The summed E-state index contributed by atoms with van der Waals surface area (Å²) in [6.45, 7) is 4.85. The molecule has 8 N–H and O–H groups in total. The van der Waals surface area contributed by atoms with Crippen molar-refractivity contribution in [3.05, 3.63) is 0 Å². The van der Waals surface area contributed by atoms with E-state index < -0.39 is 53.8 Å². The zero-order valence-corrected chi connectivity index (χ0v) is 19.3. The normalized spacial score (nSPS) is 15.6. The van der Waals surface area contributed by atoms with Crippen molar-refractivity contribution in [3.63, 3.8) is 0 Å². The molecule has 0 aromatic heterocycles. The third-order valence-electron chi connectivity index (χ3n) is 4.80. The number of nitrogens with one attached hydrogen (secondary N) is 3. The lowest BCUT2D eigenvalue weighted by molar-refractivity contribution is -0.142. The molecule has 0 aromatic rings. The van der Waals surface area contributed by atoms with Crippen LogP contribution in [0.5, 0.6) is 0 Å². The quantitative estimate of drug-likeness (QED) is 0.177. The zero-order chi connectivity index (χ0) is 24.1. The summed E-state index contributed by atoms with van der Waals surface area (Å²) in [6, 6.07) is -4.13. The predicted octanol–water partition coefficient (Wildman–Crippen LogP) is -1.06. The molecule has 0 fully saturated rings. The molecule has 0 bridgehead atoms. The first-order valence-electron chi connectivity index (χ1n) is 10.1. The van der Waals surface area contributed by atoms with E-state index in [0.29, 0.717) is 18.6 Å². The molecule has 5 unspecified atom stereocenters. The van der Waals surface area contributed by atoms with Crippen LogP contribution in [0.1, 0.15) is 46.5 Å². The molecule has 5 atom stereocenters. The fraction of sp³-hybridized carbons (Fsp3) is 0.737. The number of rotatable bonds is 15. The number of nitrogens with two attached hydrogens (primary N) is 2. The van der Waals surface area contributed by atoms with Crippen molar-refractivity contribution in [1.82, 2.24) is 16.0 Å². The molecule has 31 heavy (non-hydrogen) atoms. The number of carboxylic acid groups (broad SMARTS) is 1. The highest BCUT2D eigenvalue weighted by Gasteiger charge is 2.31. The number of hydrogen-bond acceptors (Lipinski definition) is 7. The van der Waals surface area contributed by atoms with E-state index in [9.17, 15) is 24.0 Å². The summed E-state index contributed by atoms with van der Waals surface area (Å²) in [7, 11) is 0. The molecule has 0 heterocycles. The van der Waals surface area contributed by atoms with Crippen LogP contribution in [-0.2, 0) is 24.0 Å². The molecule has 0 radical (unpaired) electrons. The minimum atomic E-state index is -1.21. The van der Waals surface area contributed by atoms with Crippen LogP contribution in [0.2, 0.25) is 0 Å². The lowest BCUT2D eigenvalue weighted by atomic mass is 9.97. The molecule has 0 aliphatic carbocycles. The second-order valence-corrected chi connectivity index (χ2v) is 8.38. The number of hydrogen-bond donors (Lipinski definition) is 6. The predicted molar refractivity (Wildman–Crippen MR) is 118 cm³/mol. The molecule has 0 aliphatic rings. The molecule has 0 aromatic carbocycles. The first-order valence-corrected chi connectivity index (χ1v) is 11.5. The fourth-order valence-electron chi connectivity index (χ4n) is 2.53. The van der Waals surface area contributed by atoms with Crippen molar-refractivity contribution in [2.24, 2.45) is 17.4 Å². The Kier molecular flexibility index (Phi) is 13.5. The van der Waals surface area contributed by atoms with Crippen molar-refractivity contribution >= 4 is 41.4 Å². The minimum Gasteiger partial charge on any atom is -0.480 e. The van der Waals surface area contributed by atoms with E-state index in [4.69, 9.17) is 16.6 Å². The minimum absolute atomic E-state index is 0.0669. The standard InChI is InChI=1S/C19H35N5O6S/c1-5-10(2)15(18(28)22-11(3)19(29)30)24-17(27)13(6-7-14(21)25)23-16(26)12(20)8-9-31-4/h10-13,15H,5-9,20H2,1-4H3,(H2,21,25)(H,22,28)(H,23,26)(H,24,27)(H,29,30). The van der Waals surface area contributed by atoms with Crippen molar-refractivity contribution in [1.29, 1.82) is 0 Å². The second-order valence-electron chi connectivity index (χ2n) is 7.39. The number of carbonyl (C=O) groups is 5. The van der Waals surface area contributed by atoms with Crippen LogP contribution in [0, 0.1) is 5.92 Å². The van der Waals surface area contributed by atoms with Gasteiger partial charge in [0.1, 0.15) is 18.1 Å². The monoisotopic (exact) mass is 461 g/mol. The highest BCUT2D eigenvalue weighted by atomic mass is 32.2. The number of primary amides is 1. The highest BCUT2D eigenvalue weighted by Crippen LogP contribution is 2.10. The number of carboxylic acids is 1. The number of thioether (sulfide) groups is 1. The van der Waals surface area contributed by atoms with E-state index in [2.05, 4.69) is 16.0 Å². The molecule has 0 aliphatic heterocycles. The van der Waals surface area contributed by atoms with E-state index in [1.807, 2.05) is 13.2 Å². The van der Waals surface area contributed by atoms with E-state index in [-0.39, 0.29) is 18.8 Å². The Morgan fingerprint density at radius 3 is 2.06 bits per heavy atom. The van der Waals surface area contributed by atoms with Crippen LogP contribution in [0.15, 0.2) is 0 Å². The summed E-state index contributed by atoms with van der Waals surface area (Å²) in [5, 5.41) is 16.4. The average Bonchev–Trinajstić information content (AvgIpc) is 2.71. The molecule has 0 spiro atoms. The Hall–Kier alpha value is -2.34. The van der Waals surface area contributed by atoms with Crippen LogP contribution >= 0.6 is 11.8 Å². The molecule has 4 amide bonds. The van der Waals surface area contributed by atoms with Crippen LogP contribution in [0.3, 0.4) is 0 Å². The van der Waals surface area contributed by atoms with Crippen LogP contribution < -0.4 is 27.4 Å². The van der Waals surface area contributed by atoms with Gasteiger partial charge in [0.05, 0.1) is 6.04 Å². The second kappa shape index (κ2) is 14.6. The first-order chi connectivity index (χ1) is 14.4. The molecule has 0 saturated carbocycles. The molecular weight excluding hydrogens is 426 g/mol. The summed E-state index contributed by atoms with van der Waals surface area (Å²) < 4.78 is 0. The van der Waals surface area contributed by atoms with Crippen molar-refractivity contribution in [2.45, 2.75) is 70.6 Å². The number of aliphatic carboxylic acids is 1. The summed E-state index contributed by atoms with van der Waals surface area (Å²) in [6.07, 6.45) is 2.58. The van der Waals surface area contributed by atoms with Crippen LogP contribution in [-0.4, -0.2) is 70.9 Å². The highest BCUT2D eigenvalue weighted by molar-refractivity contribution is 7.98. The maximum Gasteiger partial charge on any atom is 0.325 e. The van der Waals surface area contributed by atoms with Gasteiger partial charge in [0.25, 0.3) is 0 Å². The van der Waals surface area contributed by atoms with Gasteiger partial charge in [-0.25, -0.2) is 0 Å². The van der Waals surface area contributed by atoms with Gasteiger partial charge in [-0.05, 0) is 37.7 Å². The summed E-state index contributed by atoms with van der Waals surface area (Å²) in [5.74, 6) is -3.42. The van der Waals surface area contributed by atoms with Crippen LogP contribution in [0.4, 0.5) is 0 Å². The Labute approximate surface area is 186 Å². The van der Waals surface area contributed by atoms with Crippen LogP contribution in [0.25, 0.3) is 0 Å². The van der Waals surface area contributed by atoms with Gasteiger partial charge in [-0.3, -0.25) is 24.0 Å². The Balaban J connectivity index is 5.41. The molecule has 0 rings (SSSR count). The van der Waals surface area contributed by atoms with Gasteiger partial charge in [-0.2, -0.15) is 11.8 Å². The lowest BCUT2D eigenvalue weighted by Gasteiger charge is -2.27. The SMILES string of the molecule is CCC(C)C(NC(=O)C(CCC(N)=O)NC(=O)C(N)CCSC)C(=O)NC(C)C(=O)O. The first kappa shape index (κ1) is 28.7. The molecule has 0 saturated heterocycles. The van der Waals surface area contributed by atoms with Gasteiger partial charge in [0.2, 0.25) is 23.6 Å². The van der Waals surface area contributed by atoms with Gasteiger partial charge in [-0.1, -0.05) is 20.3 Å². The van der Waals surface area contributed by atoms with Crippen molar-refractivity contribution < 1.29 is 29.1 Å². The van der Waals surface area contributed by atoms with Crippen molar-refractivity contribution in [2.75, 3.05) is 12.0 Å². The molecule has 11 nitrogen and oxygen atoms in total. The Bertz CT molecular complexity index is 647. The smallest absolute Gasteiger partial charge is 0.325 e.